The van der Waals surface area contributed by atoms with E-state index >= 15 is 0 Å². The number of aromatic nitrogens is 4. The van der Waals surface area contributed by atoms with Crippen LogP contribution in [-0.2, 0) is 39.0 Å². The molecule has 0 spiro atoms. The molecule has 9 heteroatoms. The van der Waals surface area contributed by atoms with Crippen LogP contribution in [-0.4, -0.2) is 19.9 Å². The second kappa shape index (κ2) is 16.9. The molecule has 3 aromatic heterocycles. The molecule has 0 fully saturated rings. The molecular formula is C48H46FeN8. The van der Waals surface area contributed by atoms with Gasteiger partial charge in [-0.3, -0.25) is 0 Å². The van der Waals surface area contributed by atoms with E-state index in [0.29, 0.717) is 26.2 Å². The monoisotopic (exact) mass is 790 g/mol. The van der Waals surface area contributed by atoms with Crippen molar-refractivity contribution in [3.8, 4) is 0 Å². The van der Waals surface area contributed by atoms with Crippen LogP contribution in [0.2, 0.25) is 0 Å². The fourth-order valence-electron chi connectivity index (χ4n) is 6.82. The van der Waals surface area contributed by atoms with Gasteiger partial charge < -0.3 is 9.97 Å². The van der Waals surface area contributed by atoms with Gasteiger partial charge in [-0.15, -0.1) is 0 Å². The fraction of sp³-hybridized carbons (Fsp3) is 0.0833. The molecule has 0 aliphatic carbocycles. The topological polar surface area (TPSA) is 161 Å². The van der Waals surface area contributed by atoms with E-state index in [1.54, 1.807) is 0 Å². The Kier molecular flexibility index (Phi) is 11.2. The van der Waals surface area contributed by atoms with Gasteiger partial charge in [-0.05, 0) is 72.8 Å². The first kappa shape index (κ1) is 37.7. The standard InChI is InChI=1S/C20H14N4.4C7H8N.Fe/c1-2-14-10-16-5-6-18(23-16)12-20-8-7-19(24-20)11-17-4-3-15(22-17)9-13(1)21-14;4*8-6-7-4-2-1-3-5-7;/h1-12,21,24H;4*2-5H,6,8H2;. The van der Waals surface area contributed by atoms with Crippen molar-refractivity contribution in [1.82, 2.24) is 19.9 Å². The number of H-pyrrole nitrogens is 2. The molecule has 4 aromatic carbocycles. The SMILES string of the molecule is C1=Cc2cc3ccc(cc4nc(cc5ccc(cc1n2)[nH]5)C=C4)[nH]3.NCc1cc[c]([Fe]([c]2ccc(CN)cc2)([c]2ccc(CN)cc2)[c]2ccc(CN)cc2)cc1. The van der Waals surface area contributed by atoms with Crippen LogP contribution >= 0.6 is 0 Å². The molecule has 0 unspecified atom stereocenters. The molecule has 7 aromatic rings. The Morgan fingerprint density at radius 3 is 0.772 bits per heavy atom. The summed E-state index contributed by atoms with van der Waals surface area (Å²) in [5.41, 5.74) is 36.0. The third kappa shape index (κ3) is 8.21. The average Bonchev–Trinajstić information content (AvgIpc) is 4.10. The fourth-order valence-corrected chi connectivity index (χ4v) is 12.0. The maximum atomic E-state index is 5.91. The number of benzene rings is 4. The average molecular weight is 791 g/mol. The van der Waals surface area contributed by atoms with Crippen LogP contribution in [0.25, 0.3) is 46.4 Å². The van der Waals surface area contributed by atoms with E-state index in [4.69, 9.17) is 22.9 Å². The van der Waals surface area contributed by atoms with Crippen LogP contribution in [0.5, 0.6) is 0 Å². The maximum absolute atomic E-state index is 5.91. The molecule has 8 nitrogen and oxygen atoms in total. The van der Waals surface area contributed by atoms with Crippen molar-refractivity contribution in [2.24, 2.45) is 22.9 Å². The molecule has 286 valence electrons. The third-order valence-corrected chi connectivity index (χ3v) is 15.1. The van der Waals surface area contributed by atoms with Gasteiger partial charge in [0.05, 0.1) is 22.8 Å². The van der Waals surface area contributed by atoms with Crippen molar-refractivity contribution < 1.29 is 12.8 Å². The summed E-state index contributed by atoms with van der Waals surface area (Å²) in [6.07, 6.45) is 8.09. The van der Waals surface area contributed by atoms with Crippen LogP contribution in [0.15, 0.2) is 146 Å². The summed E-state index contributed by atoms with van der Waals surface area (Å²) in [5.74, 6) is 0. The van der Waals surface area contributed by atoms with Gasteiger partial charge in [0.25, 0.3) is 0 Å². The predicted molar refractivity (Wildman–Crippen MR) is 235 cm³/mol. The molecular weight excluding hydrogens is 744 g/mol. The molecule has 2 aliphatic rings. The summed E-state index contributed by atoms with van der Waals surface area (Å²) >= 11 is -2.40. The molecule has 0 atom stereocenters. The Morgan fingerprint density at radius 2 is 0.561 bits per heavy atom. The minimum absolute atomic E-state index is 0.523. The van der Waals surface area contributed by atoms with Gasteiger partial charge in [0, 0.05) is 22.1 Å². The molecule has 57 heavy (non-hydrogen) atoms. The van der Waals surface area contributed by atoms with Crippen molar-refractivity contribution in [1.29, 1.82) is 0 Å². The van der Waals surface area contributed by atoms with Crippen LogP contribution in [0.3, 0.4) is 0 Å². The normalized spacial score (nSPS) is 12.3. The minimum atomic E-state index is -2.40. The summed E-state index contributed by atoms with van der Waals surface area (Å²) in [6, 6.07) is 51.4. The predicted octanol–water partition coefficient (Wildman–Crippen LogP) is 5.93. The van der Waals surface area contributed by atoms with E-state index in [0.717, 1.165) is 67.1 Å². The Hall–Kier alpha value is -6.16. The zero-order valence-corrected chi connectivity index (χ0v) is 32.7. The molecule has 0 saturated carbocycles. The first-order valence-electron chi connectivity index (χ1n) is 18.9. The van der Waals surface area contributed by atoms with Crippen molar-refractivity contribution in [3.05, 3.63) is 191 Å². The Balaban J connectivity index is 0.000000167. The van der Waals surface area contributed by atoms with E-state index in [-0.39, 0.29) is 0 Å². The van der Waals surface area contributed by atoms with Gasteiger partial charge in [0.15, 0.2) is 0 Å². The number of nitrogens with two attached hydrogens (primary N) is 4. The summed E-state index contributed by atoms with van der Waals surface area (Å²) < 4.78 is 5.17. The molecule has 5 heterocycles. The van der Waals surface area contributed by atoms with Crippen molar-refractivity contribution in [2.45, 2.75) is 26.2 Å². The third-order valence-electron chi connectivity index (χ3n) is 9.83. The van der Waals surface area contributed by atoms with Crippen LogP contribution in [0, 0.1) is 0 Å². The van der Waals surface area contributed by atoms with Crippen LogP contribution < -0.4 is 40.8 Å². The quantitative estimate of drug-likeness (QED) is 0.105. The van der Waals surface area contributed by atoms with Crippen molar-refractivity contribution in [3.63, 3.8) is 0 Å². The summed E-state index contributed by atoms with van der Waals surface area (Å²) in [6.45, 7) is 2.09. The van der Waals surface area contributed by atoms with Gasteiger partial charge in [-0.25, -0.2) is 9.97 Å². The van der Waals surface area contributed by atoms with Gasteiger partial charge in [-0.2, -0.15) is 0 Å². The number of hydrogen-bond acceptors (Lipinski definition) is 6. The van der Waals surface area contributed by atoms with Gasteiger partial charge in [0.1, 0.15) is 0 Å². The van der Waals surface area contributed by atoms with Crippen LogP contribution in [0.4, 0.5) is 0 Å². The molecule has 2 aliphatic heterocycles. The number of hydrogen-bond donors (Lipinski definition) is 6. The van der Waals surface area contributed by atoms with E-state index in [1.807, 2.05) is 48.6 Å². The summed E-state index contributed by atoms with van der Waals surface area (Å²) in [5, 5.41) is 0. The first-order chi connectivity index (χ1) is 27.9. The number of nitrogens with zero attached hydrogens (tertiary/aromatic N) is 2. The van der Waals surface area contributed by atoms with E-state index in [9.17, 15) is 0 Å². The van der Waals surface area contributed by atoms with Crippen molar-refractivity contribution in [2.75, 3.05) is 0 Å². The van der Waals surface area contributed by atoms with E-state index in [2.05, 4.69) is 141 Å². The number of fused-ring (bicyclic) bond motifs is 8. The second-order valence-corrected chi connectivity index (χ2v) is 17.9. The van der Waals surface area contributed by atoms with Crippen molar-refractivity contribution >= 4 is 64.2 Å². The Morgan fingerprint density at radius 1 is 0.333 bits per heavy atom. The summed E-state index contributed by atoms with van der Waals surface area (Å²) in [7, 11) is 0. The molecule has 0 saturated heterocycles. The second-order valence-electron chi connectivity index (χ2n) is 13.7. The van der Waals surface area contributed by atoms with E-state index < -0.39 is 12.8 Å². The first-order valence-corrected chi connectivity index (χ1v) is 21.1. The molecule has 0 radical (unpaired) electrons. The Bertz CT molecular complexity index is 2340. The zero-order valence-electron chi connectivity index (χ0n) is 31.6. The summed E-state index contributed by atoms with van der Waals surface area (Å²) in [4.78, 5) is 16.0. The van der Waals surface area contributed by atoms with E-state index in [1.165, 1.54) is 17.8 Å². The number of nitrogens with one attached hydrogen (secondary N) is 2. The molecule has 8 bridgehead atoms. The zero-order chi connectivity index (χ0) is 39.2. The van der Waals surface area contributed by atoms with Crippen LogP contribution in [0.1, 0.15) is 45.0 Å². The van der Waals surface area contributed by atoms with Gasteiger partial charge in [0.2, 0.25) is 0 Å². The Labute approximate surface area is 335 Å². The van der Waals surface area contributed by atoms with Gasteiger partial charge >= 0.3 is 199 Å². The number of aromatic amines is 2. The molecule has 0 amide bonds. The van der Waals surface area contributed by atoms with Gasteiger partial charge in [-0.1, -0.05) is 0 Å². The molecule has 9 rings (SSSR count). The number of rotatable bonds is 8. The molecule has 10 N–H and O–H groups in total.